The summed E-state index contributed by atoms with van der Waals surface area (Å²) >= 11 is 0. The fourth-order valence-corrected chi connectivity index (χ4v) is 6.59. The third kappa shape index (κ3) is 6.12. The van der Waals surface area contributed by atoms with Crippen LogP contribution in [0.15, 0.2) is 36.4 Å². The van der Waals surface area contributed by atoms with Gasteiger partial charge in [0.25, 0.3) is 5.91 Å². The fraction of sp³-hybridized carbons (Fsp3) is 0.533. The second kappa shape index (κ2) is 10.7. The molecule has 2 heterocycles. The van der Waals surface area contributed by atoms with Crippen LogP contribution < -0.4 is 19.8 Å². The van der Waals surface area contributed by atoms with Crippen molar-refractivity contribution in [3.63, 3.8) is 0 Å². The summed E-state index contributed by atoms with van der Waals surface area (Å²) in [5.74, 6) is -0.642. The van der Waals surface area contributed by atoms with Gasteiger partial charge in [-0.3, -0.25) is 14.3 Å². The van der Waals surface area contributed by atoms with Crippen LogP contribution in [-0.2, 0) is 21.2 Å². The predicted molar refractivity (Wildman–Crippen MR) is 159 cm³/mol. The molecule has 3 aliphatic rings. The number of amides is 2. The van der Waals surface area contributed by atoms with E-state index in [0.29, 0.717) is 34.6 Å². The van der Waals surface area contributed by atoms with Crippen LogP contribution in [0.4, 0.5) is 22.7 Å². The first-order valence-electron chi connectivity index (χ1n) is 14.2. The SMILES string of the molecule is CC(C)(C)C(=O)N1CCCc2ccc(NC(=O)c3ccc(NS(=O)(=O)CCO)cc3N3CCC4(CC3)CC4)cc21. The van der Waals surface area contributed by atoms with Crippen LogP contribution in [0, 0.1) is 10.8 Å². The molecule has 216 valence electrons. The minimum Gasteiger partial charge on any atom is -0.395 e. The van der Waals surface area contributed by atoms with Gasteiger partial charge in [0.1, 0.15) is 0 Å². The second-order valence-electron chi connectivity index (χ2n) is 12.5. The van der Waals surface area contributed by atoms with E-state index in [1.807, 2.05) is 43.9 Å². The summed E-state index contributed by atoms with van der Waals surface area (Å²) in [5, 5.41) is 12.1. The Morgan fingerprint density at radius 2 is 1.62 bits per heavy atom. The highest BCUT2D eigenvalue weighted by Gasteiger charge is 2.44. The maximum Gasteiger partial charge on any atom is 0.257 e. The quantitative estimate of drug-likeness (QED) is 0.456. The maximum atomic E-state index is 13.7. The molecule has 0 bridgehead atoms. The van der Waals surface area contributed by atoms with E-state index in [0.717, 1.165) is 50.0 Å². The lowest BCUT2D eigenvalue weighted by Crippen LogP contribution is -2.42. The van der Waals surface area contributed by atoms with Gasteiger partial charge < -0.3 is 20.2 Å². The van der Waals surface area contributed by atoms with Gasteiger partial charge >= 0.3 is 0 Å². The minimum absolute atomic E-state index is 0.0528. The van der Waals surface area contributed by atoms with E-state index in [1.165, 1.54) is 12.8 Å². The summed E-state index contributed by atoms with van der Waals surface area (Å²) in [5.41, 5.74) is 3.95. The number of aliphatic hydroxyl groups is 1. The van der Waals surface area contributed by atoms with Crippen LogP contribution in [0.5, 0.6) is 0 Å². The van der Waals surface area contributed by atoms with Gasteiger partial charge in [-0.1, -0.05) is 26.8 Å². The first-order chi connectivity index (χ1) is 18.9. The molecule has 1 saturated heterocycles. The monoisotopic (exact) mass is 568 g/mol. The molecule has 2 amide bonds. The molecule has 9 nitrogen and oxygen atoms in total. The van der Waals surface area contributed by atoms with Gasteiger partial charge in [0.05, 0.1) is 29.3 Å². The molecule has 10 heteroatoms. The molecule has 2 aromatic carbocycles. The number of aryl methyl sites for hydroxylation is 1. The van der Waals surface area contributed by atoms with Gasteiger partial charge in [-0.05, 0) is 79.8 Å². The number of sulfonamides is 1. The van der Waals surface area contributed by atoms with Gasteiger partial charge in [-0.15, -0.1) is 0 Å². The third-order valence-corrected chi connectivity index (χ3v) is 9.61. The Morgan fingerprint density at radius 3 is 2.27 bits per heavy atom. The van der Waals surface area contributed by atoms with Gasteiger partial charge in [-0.25, -0.2) is 8.42 Å². The molecular weight excluding hydrogens is 528 g/mol. The molecule has 40 heavy (non-hydrogen) atoms. The molecule has 0 atom stereocenters. The lowest BCUT2D eigenvalue weighted by Gasteiger charge is -2.35. The molecule has 0 unspecified atom stereocenters. The van der Waals surface area contributed by atoms with Crippen molar-refractivity contribution in [3.05, 3.63) is 47.5 Å². The van der Waals surface area contributed by atoms with Gasteiger partial charge in [0.15, 0.2) is 0 Å². The number of fused-ring (bicyclic) bond motifs is 1. The van der Waals surface area contributed by atoms with Gasteiger partial charge in [-0.2, -0.15) is 0 Å². The number of piperidine rings is 1. The van der Waals surface area contributed by atoms with Crippen molar-refractivity contribution in [2.45, 2.75) is 59.3 Å². The molecule has 3 N–H and O–H groups in total. The molecule has 1 aliphatic carbocycles. The van der Waals surface area contributed by atoms with Crippen LogP contribution in [-0.4, -0.2) is 57.3 Å². The summed E-state index contributed by atoms with van der Waals surface area (Å²) < 4.78 is 27.1. The smallest absolute Gasteiger partial charge is 0.257 e. The van der Waals surface area contributed by atoms with E-state index in [9.17, 15) is 18.0 Å². The number of benzene rings is 2. The van der Waals surface area contributed by atoms with E-state index in [1.54, 1.807) is 18.2 Å². The summed E-state index contributed by atoms with van der Waals surface area (Å²) in [6.07, 6.45) is 6.39. The Bertz CT molecular complexity index is 1400. The third-order valence-electron chi connectivity index (χ3n) is 8.35. The van der Waals surface area contributed by atoms with Crippen LogP contribution in [0.3, 0.4) is 0 Å². The Kier molecular flexibility index (Phi) is 7.60. The van der Waals surface area contributed by atoms with E-state index >= 15 is 0 Å². The minimum atomic E-state index is -3.71. The van der Waals surface area contributed by atoms with Crippen LogP contribution >= 0.6 is 0 Å². The number of anilines is 4. The molecule has 2 aromatic rings. The lowest BCUT2D eigenvalue weighted by molar-refractivity contribution is -0.125. The first kappa shape index (κ1) is 28.4. The molecule has 0 aromatic heterocycles. The number of hydrogen-bond donors (Lipinski definition) is 3. The van der Waals surface area contributed by atoms with Crippen molar-refractivity contribution in [2.75, 3.05) is 51.8 Å². The Labute approximate surface area is 237 Å². The highest BCUT2D eigenvalue weighted by atomic mass is 32.2. The fourth-order valence-electron chi connectivity index (χ4n) is 5.76. The number of carbonyl (C=O) groups is 2. The van der Waals surface area contributed by atoms with E-state index in [-0.39, 0.29) is 11.8 Å². The molecule has 2 fully saturated rings. The zero-order chi connectivity index (χ0) is 28.7. The van der Waals surface area contributed by atoms with E-state index in [4.69, 9.17) is 5.11 Å². The van der Waals surface area contributed by atoms with Crippen molar-refractivity contribution in [3.8, 4) is 0 Å². The molecule has 1 spiro atoms. The summed E-state index contributed by atoms with van der Waals surface area (Å²) in [6, 6.07) is 10.7. The predicted octanol–water partition coefficient (Wildman–Crippen LogP) is 4.38. The molecule has 0 radical (unpaired) electrons. The van der Waals surface area contributed by atoms with Crippen LogP contribution in [0.25, 0.3) is 0 Å². The zero-order valence-corrected chi connectivity index (χ0v) is 24.4. The number of aliphatic hydroxyl groups excluding tert-OH is 1. The van der Waals surface area contributed by atoms with E-state index < -0.39 is 27.8 Å². The largest absolute Gasteiger partial charge is 0.395 e. The Morgan fingerprint density at radius 1 is 0.950 bits per heavy atom. The molecule has 2 aliphatic heterocycles. The van der Waals surface area contributed by atoms with Gasteiger partial charge in [0.2, 0.25) is 15.9 Å². The number of hydrogen-bond acceptors (Lipinski definition) is 6. The second-order valence-corrected chi connectivity index (χ2v) is 14.3. The van der Waals surface area contributed by atoms with Crippen molar-refractivity contribution >= 4 is 44.6 Å². The Hall–Kier alpha value is -3.11. The Balaban J connectivity index is 1.42. The highest BCUT2D eigenvalue weighted by molar-refractivity contribution is 7.92. The molecule has 5 rings (SSSR count). The highest BCUT2D eigenvalue weighted by Crippen LogP contribution is 2.54. The number of rotatable bonds is 7. The molecular formula is C30H40N4O5S. The topological polar surface area (TPSA) is 119 Å². The summed E-state index contributed by atoms with van der Waals surface area (Å²) in [4.78, 5) is 30.8. The van der Waals surface area contributed by atoms with E-state index in [2.05, 4.69) is 14.9 Å². The number of nitrogens with zero attached hydrogens (tertiary/aromatic N) is 2. The molecule has 1 saturated carbocycles. The van der Waals surface area contributed by atoms with Crippen molar-refractivity contribution < 1.29 is 23.1 Å². The van der Waals surface area contributed by atoms with Crippen molar-refractivity contribution in [2.24, 2.45) is 10.8 Å². The average molecular weight is 569 g/mol. The summed E-state index contributed by atoms with van der Waals surface area (Å²) in [6.45, 7) is 7.51. The first-order valence-corrected chi connectivity index (χ1v) is 15.8. The van der Waals surface area contributed by atoms with Crippen LogP contribution in [0.2, 0.25) is 0 Å². The number of nitrogens with one attached hydrogen (secondary N) is 2. The normalized spacial score (nSPS) is 18.3. The zero-order valence-electron chi connectivity index (χ0n) is 23.6. The van der Waals surface area contributed by atoms with Crippen molar-refractivity contribution in [1.82, 2.24) is 0 Å². The van der Waals surface area contributed by atoms with Gasteiger partial charge in [0, 0.05) is 36.4 Å². The lowest BCUT2D eigenvalue weighted by atomic mass is 9.92. The average Bonchev–Trinajstić information content (AvgIpc) is 3.66. The summed E-state index contributed by atoms with van der Waals surface area (Å²) in [7, 11) is -3.71. The standard InChI is InChI=1S/C30H40N4O5S/c1-29(2,3)28(37)34-14-4-5-21-6-7-22(19-25(21)34)31-27(36)24-9-8-23(32-40(38,39)18-17-35)20-26(24)33-15-12-30(10-11-30)13-16-33/h6-9,19-20,32,35H,4-5,10-18H2,1-3H3,(H,31,36). The number of carbonyl (C=O) groups excluding carboxylic acids is 2. The van der Waals surface area contributed by atoms with Crippen molar-refractivity contribution in [1.29, 1.82) is 0 Å². The van der Waals surface area contributed by atoms with Crippen LogP contribution in [0.1, 0.15) is 68.8 Å². The maximum absolute atomic E-state index is 13.7.